The second kappa shape index (κ2) is 5.14. The smallest absolute Gasteiger partial charge is 0.0618 e. The van der Waals surface area contributed by atoms with Crippen LogP contribution in [-0.4, -0.2) is 11.7 Å². The van der Waals surface area contributed by atoms with E-state index in [1.807, 2.05) is 13.0 Å². The van der Waals surface area contributed by atoms with Crippen LogP contribution in [0.5, 0.6) is 0 Å². The average Bonchev–Trinajstić information content (AvgIpc) is 2.02. The molecule has 0 aromatic carbocycles. The summed E-state index contributed by atoms with van der Waals surface area (Å²) < 4.78 is 0. The molecule has 0 aliphatic heterocycles. The lowest BCUT2D eigenvalue weighted by molar-refractivity contribution is 0.342. The summed E-state index contributed by atoms with van der Waals surface area (Å²) in [7, 11) is 0. The van der Waals surface area contributed by atoms with E-state index in [1.54, 1.807) is 0 Å². The first-order valence-corrected chi connectivity index (χ1v) is 4.07. The van der Waals surface area contributed by atoms with Crippen molar-refractivity contribution in [1.29, 1.82) is 0 Å². The number of hydrogen-bond donors (Lipinski definition) is 1. The summed E-state index contributed by atoms with van der Waals surface area (Å²) in [4.78, 5) is 0. The van der Waals surface area contributed by atoms with Gasteiger partial charge in [0.05, 0.1) is 6.61 Å². The van der Waals surface area contributed by atoms with E-state index in [1.165, 1.54) is 16.7 Å². The zero-order chi connectivity index (χ0) is 8.85. The molecule has 0 aliphatic carbocycles. The van der Waals surface area contributed by atoms with Crippen LogP contribution in [-0.2, 0) is 0 Å². The molecule has 0 fully saturated rings. The maximum atomic E-state index is 8.64. The molecule has 0 radical (unpaired) electrons. The molecule has 1 heteroatoms. The number of allylic oxidation sites excluding steroid dienone is 3. The van der Waals surface area contributed by atoms with Crippen LogP contribution in [0, 0.1) is 0 Å². The molecule has 1 N–H and O–H groups in total. The van der Waals surface area contributed by atoms with Gasteiger partial charge in [-0.05, 0) is 38.3 Å². The second-order valence-electron chi connectivity index (χ2n) is 2.83. The van der Waals surface area contributed by atoms with Gasteiger partial charge in [0.25, 0.3) is 0 Å². The molecule has 64 valence electrons. The van der Waals surface area contributed by atoms with E-state index in [-0.39, 0.29) is 6.61 Å². The van der Waals surface area contributed by atoms with Crippen molar-refractivity contribution in [2.45, 2.75) is 34.1 Å². The molecule has 0 aromatic heterocycles. The first-order chi connectivity index (χ1) is 5.13. The molecule has 0 saturated heterocycles. The Kier molecular flexibility index (Phi) is 4.88. The molecule has 0 aromatic rings. The minimum atomic E-state index is 0.139. The number of aliphatic hydroxyl groups excluding tert-OH is 1. The molecule has 0 atom stereocenters. The topological polar surface area (TPSA) is 20.2 Å². The molecule has 0 unspecified atom stereocenters. The predicted octanol–water partition coefficient (Wildman–Crippen LogP) is 2.67. The fraction of sp³-hybridized carbons (Fsp3) is 0.600. The van der Waals surface area contributed by atoms with E-state index in [0.717, 1.165) is 6.42 Å². The van der Waals surface area contributed by atoms with Gasteiger partial charge in [-0.3, -0.25) is 0 Å². The first-order valence-electron chi connectivity index (χ1n) is 4.07. The van der Waals surface area contributed by atoms with Crippen molar-refractivity contribution in [3.05, 3.63) is 22.8 Å². The van der Waals surface area contributed by atoms with Gasteiger partial charge < -0.3 is 5.11 Å². The fourth-order valence-corrected chi connectivity index (χ4v) is 0.892. The van der Waals surface area contributed by atoms with Crippen LogP contribution < -0.4 is 0 Å². The molecular weight excluding hydrogens is 136 g/mol. The third-order valence-corrected chi connectivity index (χ3v) is 2.16. The van der Waals surface area contributed by atoms with Crippen molar-refractivity contribution in [2.75, 3.05) is 6.61 Å². The Morgan fingerprint density at radius 2 is 1.82 bits per heavy atom. The van der Waals surface area contributed by atoms with Gasteiger partial charge >= 0.3 is 0 Å². The fourth-order valence-electron chi connectivity index (χ4n) is 0.892. The van der Waals surface area contributed by atoms with Crippen LogP contribution in [0.15, 0.2) is 22.8 Å². The maximum absolute atomic E-state index is 8.64. The lowest BCUT2D eigenvalue weighted by Gasteiger charge is -2.05. The third kappa shape index (κ3) is 3.38. The molecule has 1 nitrogen and oxygen atoms in total. The molecular formula is C10H18O. The first kappa shape index (κ1) is 10.4. The van der Waals surface area contributed by atoms with Crippen molar-refractivity contribution in [1.82, 2.24) is 0 Å². The minimum absolute atomic E-state index is 0.139. The highest BCUT2D eigenvalue weighted by molar-refractivity contribution is 5.31. The Balaban J connectivity index is 4.46. The zero-order valence-electron chi connectivity index (χ0n) is 7.94. The summed E-state index contributed by atoms with van der Waals surface area (Å²) in [6.07, 6.45) is 2.93. The third-order valence-electron chi connectivity index (χ3n) is 2.16. The Hall–Kier alpha value is -0.560. The molecule has 0 bridgehead atoms. The van der Waals surface area contributed by atoms with Crippen LogP contribution in [0.3, 0.4) is 0 Å². The average molecular weight is 154 g/mol. The summed E-state index contributed by atoms with van der Waals surface area (Å²) in [5.74, 6) is 0. The lowest BCUT2D eigenvalue weighted by atomic mass is 10.0. The molecule has 0 amide bonds. The van der Waals surface area contributed by atoms with Gasteiger partial charge in [0.15, 0.2) is 0 Å². The Morgan fingerprint density at radius 3 is 2.18 bits per heavy atom. The van der Waals surface area contributed by atoms with Crippen LogP contribution >= 0.6 is 0 Å². The van der Waals surface area contributed by atoms with Gasteiger partial charge in [-0.25, -0.2) is 0 Å². The van der Waals surface area contributed by atoms with E-state index in [0.29, 0.717) is 0 Å². The quantitative estimate of drug-likeness (QED) is 0.620. The van der Waals surface area contributed by atoms with Crippen molar-refractivity contribution >= 4 is 0 Å². The van der Waals surface area contributed by atoms with E-state index in [9.17, 15) is 0 Å². The van der Waals surface area contributed by atoms with E-state index in [2.05, 4.69) is 20.8 Å². The summed E-state index contributed by atoms with van der Waals surface area (Å²) in [6, 6.07) is 0. The predicted molar refractivity (Wildman–Crippen MR) is 49.5 cm³/mol. The maximum Gasteiger partial charge on any atom is 0.0618 e. The molecule has 11 heavy (non-hydrogen) atoms. The summed E-state index contributed by atoms with van der Waals surface area (Å²) in [5, 5.41) is 8.64. The van der Waals surface area contributed by atoms with Gasteiger partial charge in [0.1, 0.15) is 0 Å². The van der Waals surface area contributed by atoms with Crippen LogP contribution in [0.25, 0.3) is 0 Å². The summed E-state index contributed by atoms with van der Waals surface area (Å²) in [5.41, 5.74) is 3.89. The minimum Gasteiger partial charge on any atom is -0.392 e. The van der Waals surface area contributed by atoms with E-state index >= 15 is 0 Å². The SMILES string of the molecule is CC/C(C)=C(C)\C(C)=C/CO. The van der Waals surface area contributed by atoms with Crippen molar-refractivity contribution < 1.29 is 5.11 Å². The highest BCUT2D eigenvalue weighted by atomic mass is 16.2. The molecule has 0 rings (SSSR count). The Morgan fingerprint density at radius 1 is 1.27 bits per heavy atom. The standard InChI is InChI=1S/C10H18O/c1-5-8(2)10(4)9(3)6-7-11/h6,11H,5,7H2,1-4H3/b9-6-,10-8-. The second-order valence-corrected chi connectivity index (χ2v) is 2.83. The largest absolute Gasteiger partial charge is 0.392 e. The Bertz CT molecular complexity index is 175. The normalized spacial score (nSPS) is 14.8. The monoisotopic (exact) mass is 154 g/mol. The highest BCUT2D eigenvalue weighted by Gasteiger charge is 1.95. The summed E-state index contributed by atoms with van der Waals surface area (Å²) in [6.45, 7) is 8.54. The summed E-state index contributed by atoms with van der Waals surface area (Å²) >= 11 is 0. The number of rotatable bonds is 3. The van der Waals surface area contributed by atoms with Crippen molar-refractivity contribution in [3.63, 3.8) is 0 Å². The molecule has 0 spiro atoms. The van der Waals surface area contributed by atoms with Gasteiger partial charge in [-0.1, -0.05) is 18.6 Å². The van der Waals surface area contributed by atoms with Gasteiger partial charge in [0.2, 0.25) is 0 Å². The zero-order valence-corrected chi connectivity index (χ0v) is 7.94. The van der Waals surface area contributed by atoms with Gasteiger partial charge in [-0.15, -0.1) is 0 Å². The lowest BCUT2D eigenvalue weighted by Crippen LogP contribution is -1.87. The van der Waals surface area contributed by atoms with Crippen molar-refractivity contribution in [3.8, 4) is 0 Å². The van der Waals surface area contributed by atoms with Gasteiger partial charge in [-0.2, -0.15) is 0 Å². The van der Waals surface area contributed by atoms with Crippen molar-refractivity contribution in [2.24, 2.45) is 0 Å². The molecule has 0 saturated carbocycles. The van der Waals surface area contributed by atoms with Crippen LogP contribution in [0.2, 0.25) is 0 Å². The molecule has 0 heterocycles. The highest BCUT2D eigenvalue weighted by Crippen LogP contribution is 2.15. The number of hydrogen-bond acceptors (Lipinski definition) is 1. The Labute approximate surface area is 69.4 Å². The molecule has 0 aliphatic rings. The van der Waals surface area contributed by atoms with E-state index < -0.39 is 0 Å². The van der Waals surface area contributed by atoms with Crippen LogP contribution in [0.1, 0.15) is 34.1 Å². The number of aliphatic hydroxyl groups is 1. The van der Waals surface area contributed by atoms with Gasteiger partial charge in [0, 0.05) is 0 Å². The van der Waals surface area contributed by atoms with E-state index in [4.69, 9.17) is 5.11 Å². The van der Waals surface area contributed by atoms with Crippen LogP contribution in [0.4, 0.5) is 0 Å².